The van der Waals surface area contributed by atoms with E-state index < -0.39 is 5.41 Å². The summed E-state index contributed by atoms with van der Waals surface area (Å²) in [5.41, 5.74) is -0.290. The lowest BCUT2D eigenvalue weighted by Crippen LogP contribution is -2.51. The van der Waals surface area contributed by atoms with Gasteiger partial charge in [0, 0.05) is 18.7 Å². The molecule has 3 nitrogen and oxygen atoms in total. The smallest absolute Gasteiger partial charge is 0.240 e. The predicted octanol–water partition coefficient (Wildman–Crippen LogP) is 3.57. The molecule has 1 amide bonds. The average Bonchev–Trinajstić information content (AvgIpc) is 2.42. The molecule has 2 rings (SSSR count). The van der Waals surface area contributed by atoms with Gasteiger partial charge in [-0.3, -0.25) is 9.59 Å². The number of amides is 1. The van der Waals surface area contributed by atoms with Crippen LogP contribution in [-0.2, 0) is 9.59 Å². The van der Waals surface area contributed by atoms with Gasteiger partial charge in [0.05, 0.1) is 0 Å². The summed E-state index contributed by atoms with van der Waals surface area (Å²) in [6.45, 7) is 6.28. The van der Waals surface area contributed by atoms with Crippen molar-refractivity contribution in [3.63, 3.8) is 0 Å². The summed E-state index contributed by atoms with van der Waals surface area (Å²) in [6.07, 6.45) is 1.79. The highest BCUT2D eigenvalue weighted by atomic mass is 19.1. The Hall–Kier alpha value is -1.71. The van der Waals surface area contributed by atoms with Gasteiger partial charge < -0.3 is 4.90 Å². The Bertz CT molecular complexity index is 538. The molecule has 1 atom stereocenters. The highest BCUT2D eigenvalue weighted by molar-refractivity contribution is 6.12. The topological polar surface area (TPSA) is 37.4 Å². The zero-order chi connectivity index (χ0) is 15.6. The molecule has 0 unspecified atom stereocenters. The van der Waals surface area contributed by atoms with Gasteiger partial charge in [0.15, 0.2) is 0 Å². The standard InChI is InChI=1S/C17H22FNO2/c1-12(2)11-15(20)17(3)9-4-10-19(16(17)21)14-7-5-13(18)6-8-14/h5-8,12H,4,9-11H2,1-3H3/t17-/m1/s1. The molecule has 0 aromatic heterocycles. The van der Waals surface area contributed by atoms with Gasteiger partial charge in [-0.2, -0.15) is 0 Å². The van der Waals surface area contributed by atoms with E-state index in [1.807, 2.05) is 13.8 Å². The molecule has 0 radical (unpaired) electrons. The number of nitrogens with zero attached hydrogens (tertiary/aromatic N) is 1. The Labute approximate surface area is 125 Å². The monoisotopic (exact) mass is 291 g/mol. The van der Waals surface area contributed by atoms with E-state index in [1.54, 1.807) is 24.0 Å². The molecule has 1 fully saturated rings. The summed E-state index contributed by atoms with van der Waals surface area (Å²) in [5.74, 6) is -0.245. The van der Waals surface area contributed by atoms with Gasteiger partial charge in [0.25, 0.3) is 0 Å². The van der Waals surface area contributed by atoms with Crippen LogP contribution in [0.3, 0.4) is 0 Å². The number of hydrogen-bond donors (Lipinski definition) is 0. The lowest BCUT2D eigenvalue weighted by atomic mass is 9.75. The number of carbonyl (C=O) groups excluding carboxylic acids is 2. The number of piperidine rings is 1. The highest BCUT2D eigenvalue weighted by Gasteiger charge is 2.45. The number of Topliss-reactive ketones (excluding diaryl/α,β-unsaturated/α-hetero) is 1. The van der Waals surface area contributed by atoms with Crippen LogP contribution >= 0.6 is 0 Å². The maximum absolute atomic E-state index is 13.0. The molecule has 1 aromatic carbocycles. The van der Waals surface area contributed by atoms with Gasteiger partial charge in [0.2, 0.25) is 5.91 Å². The van der Waals surface area contributed by atoms with Crippen molar-refractivity contribution in [1.82, 2.24) is 0 Å². The first-order chi connectivity index (χ1) is 9.84. The fourth-order valence-corrected chi connectivity index (χ4v) is 2.82. The predicted molar refractivity (Wildman–Crippen MR) is 80.6 cm³/mol. The molecule has 114 valence electrons. The van der Waals surface area contributed by atoms with E-state index in [0.29, 0.717) is 25.1 Å². The average molecular weight is 291 g/mol. The number of anilines is 1. The number of ketones is 1. The molecule has 0 N–H and O–H groups in total. The van der Waals surface area contributed by atoms with Crippen LogP contribution in [0.4, 0.5) is 10.1 Å². The van der Waals surface area contributed by atoms with Crippen molar-refractivity contribution in [2.75, 3.05) is 11.4 Å². The third-order valence-corrected chi connectivity index (χ3v) is 4.12. The summed E-state index contributed by atoms with van der Waals surface area (Å²) in [4.78, 5) is 26.8. The van der Waals surface area contributed by atoms with E-state index in [4.69, 9.17) is 0 Å². The number of benzene rings is 1. The second-order valence-corrected chi connectivity index (χ2v) is 6.39. The third kappa shape index (κ3) is 3.14. The van der Waals surface area contributed by atoms with Crippen molar-refractivity contribution in [3.8, 4) is 0 Å². The largest absolute Gasteiger partial charge is 0.312 e. The molecular weight excluding hydrogens is 269 g/mol. The minimum atomic E-state index is -0.948. The molecule has 1 aliphatic heterocycles. The van der Waals surface area contributed by atoms with E-state index in [0.717, 1.165) is 6.42 Å². The van der Waals surface area contributed by atoms with Crippen LogP contribution in [-0.4, -0.2) is 18.2 Å². The fraction of sp³-hybridized carbons (Fsp3) is 0.529. The van der Waals surface area contributed by atoms with Crippen LogP contribution < -0.4 is 4.90 Å². The molecule has 1 aromatic rings. The second-order valence-electron chi connectivity index (χ2n) is 6.39. The maximum Gasteiger partial charge on any atom is 0.240 e. The van der Waals surface area contributed by atoms with Crippen molar-refractivity contribution in [1.29, 1.82) is 0 Å². The molecule has 1 heterocycles. The van der Waals surface area contributed by atoms with Crippen LogP contribution in [0.1, 0.15) is 40.0 Å². The van der Waals surface area contributed by atoms with Crippen molar-refractivity contribution < 1.29 is 14.0 Å². The summed E-state index contributed by atoms with van der Waals surface area (Å²) in [6, 6.07) is 5.85. The molecule has 0 bridgehead atoms. The minimum absolute atomic E-state index is 0.00862. The zero-order valence-corrected chi connectivity index (χ0v) is 12.9. The van der Waals surface area contributed by atoms with Crippen molar-refractivity contribution in [3.05, 3.63) is 30.1 Å². The molecule has 1 saturated heterocycles. The summed E-state index contributed by atoms with van der Waals surface area (Å²) >= 11 is 0. The lowest BCUT2D eigenvalue weighted by molar-refractivity contribution is -0.141. The number of rotatable bonds is 4. The van der Waals surface area contributed by atoms with Gasteiger partial charge >= 0.3 is 0 Å². The van der Waals surface area contributed by atoms with E-state index in [-0.39, 0.29) is 23.4 Å². The minimum Gasteiger partial charge on any atom is -0.312 e. The quantitative estimate of drug-likeness (QED) is 0.795. The van der Waals surface area contributed by atoms with E-state index >= 15 is 0 Å². The van der Waals surface area contributed by atoms with Gasteiger partial charge in [-0.15, -0.1) is 0 Å². The number of halogens is 1. The normalized spacial score (nSPS) is 22.7. The van der Waals surface area contributed by atoms with E-state index in [1.165, 1.54) is 12.1 Å². The van der Waals surface area contributed by atoms with Crippen LogP contribution in [0, 0.1) is 17.2 Å². The Morgan fingerprint density at radius 1 is 1.33 bits per heavy atom. The van der Waals surface area contributed by atoms with Crippen molar-refractivity contribution in [2.24, 2.45) is 11.3 Å². The molecule has 0 spiro atoms. The zero-order valence-electron chi connectivity index (χ0n) is 12.9. The Kier molecular flexibility index (Phi) is 4.45. The number of carbonyl (C=O) groups is 2. The molecular formula is C17H22FNO2. The first kappa shape index (κ1) is 15.7. The molecule has 1 aliphatic rings. The van der Waals surface area contributed by atoms with Crippen LogP contribution in [0.5, 0.6) is 0 Å². The lowest BCUT2D eigenvalue weighted by Gasteiger charge is -2.38. The third-order valence-electron chi connectivity index (χ3n) is 4.12. The first-order valence-electron chi connectivity index (χ1n) is 7.45. The van der Waals surface area contributed by atoms with Gasteiger partial charge in [0.1, 0.15) is 17.0 Å². The summed E-state index contributed by atoms with van der Waals surface area (Å²) in [7, 11) is 0. The van der Waals surface area contributed by atoms with Crippen LogP contribution in [0.25, 0.3) is 0 Å². The maximum atomic E-state index is 13.0. The summed E-state index contributed by atoms with van der Waals surface area (Å²) < 4.78 is 13.0. The van der Waals surface area contributed by atoms with E-state index in [2.05, 4.69) is 0 Å². The Morgan fingerprint density at radius 3 is 2.52 bits per heavy atom. The SMILES string of the molecule is CC(C)CC(=O)[C@@]1(C)CCCN(c2ccc(F)cc2)C1=O. The van der Waals surface area contributed by atoms with Gasteiger partial charge in [-0.1, -0.05) is 13.8 Å². The first-order valence-corrected chi connectivity index (χ1v) is 7.45. The van der Waals surface area contributed by atoms with Gasteiger partial charge in [-0.05, 0) is 49.9 Å². The molecule has 4 heteroatoms. The second kappa shape index (κ2) is 5.96. The fourth-order valence-electron chi connectivity index (χ4n) is 2.82. The Balaban J connectivity index is 2.25. The molecule has 21 heavy (non-hydrogen) atoms. The molecule has 0 saturated carbocycles. The molecule has 0 aliphatic carbocycles. The van der Waals surface area contributed by atoms with Crippen LogP contribution in [0.2, 0.25) is 0 Å². The van der Waals surface area contributed by atoms with Crippen molar-refractivity contribution >= 4 is 17.4 Å². The highest BCUT2D eigenvalue weighted by Crippen LogP contribution is 2.36. The number of hydrogen-bond acceptors (Lipinski definition) is 2. The van der Waals surface area contributed by atoms with Crippen LogP contribution in [0.15, 0.2) is 24.3 Å². The Morgan fingerprint density at radius 2 is 1.95 bits per heavy atom. The van der Waals surface area contributed by atoms with E-state index in [9.17, 15) is 14.0 Å². The van der Waals surface area contributed by atoms with Crippen molar-refractivity contribution in [2.45, 2.75) is 40.0 Å². The summed E-state index contributed by atoms with van der Waals surface area (Å²) in [5, 5.41) is 0. The van der Waals surface area contributed by atoms with Gasteiger partial charge in [-0.25, -0.2) is 4.39 Å².